The molecule has 2 aromatic rings. The molecule has 20 heavy (non-hydrogen) atoms. The Morgan fingerprint density at radius 1 is 1.40 bits per heavy atom. The molecular weight excluding hydrogens is 292 g/mol. The molecule has 2 N–H and O–H groups in total. The van der Waals surface area contributed by atoms with E-state index in [9.17, 15) is 4.79 Å². The highest BCUT2D eigenvalue weighted by molar-refractivity contribution is 7.99. The van der Waals surface area contributed by atoms with Crippen LogP contribution in [0.1, 0.15) is 5.56 Å². The standard InChI is InChI=1S/C13H14N4OS2/c1-3-8-19-13-16-12(20-17-13)15-11(18)14-10-6-4-9(2)5-7-10/h3-7H,1,8H2,2H3,(H2,14,15,16,17,18). The van der Waals surface area contributed by atoms with Crippen molar-refractivity contribution < 1.29 is 4.79 Å². The molecule has 0 saturated heterocycles. The molecule has 5 nitrogen and oxygen atoms in total. The molecule has 1 aromatic carbocycles. The third-order valence-electron chi connectivity index (χ3n) is 2.27. The normalized spacial score (nSPS) is 10.1. The Morgan fingerprint density at radius 3 is 2.85 bits per heavy atom. The summed E-state index contributed by atoms with van der Waals surface area (Å²) in [6, 6.07) is 7.24. The first kappa shape index (κ1) is 14.5. The van der Waals surface area contributed by atoms with Crippen LogP contribution in [0.3, 0.4) is 0 Å². The zero-order valence-electron chi connectivity index (χ0n) is 10.9. The highest BCUT2D eigenvalue weighted by Gasteiger charge is 2.08. The molecule has 0 aliphatic carbocycles. The van der Waals surface area contributed by atoms with Crippen molar-refractivity contribution in [3.8, 4) is 0 Å². The number of urea groups is 1. The van der Waals surface area contributed by atoms with Crippen molar-refractivity contribution in [3.05, 3.63) is 42.5 Å². The van der Waals surface area contributed by atoms with Gasteiger partial charge in [-0.1, -0.05) is 35.5 Å². The Bertz CT molecular complexity index is 595. The monoisotopic (exact) mass is 306 g/mol. The van der Waals surface area contributed by atoms with Gasteiger partial charge in [-0.25, -0.2) is 4.79 Å². The minimum atomic E-state index is -0.328. The number of amides is 2. The SMILES string of the molecule is C=CCSc1nsc(NC(=O)Nc2ccc(C)cc2)n1. The van der Waals surface area contributed by atoms with Gasteiger partial charge in [0.25, 0.3) is 0 Å². The summed E-state index contributed by atoms with van der Waals surface area (Å²) in [6.45, 7) is 5.62. The largest absolute Gasteiger partial charge is 0.325 e. The highest BCUT2D eigenvalue weighted by atomic mass is 32.2. The average molecular weight is 306 g/mol. The van der Waals surface area contributed by atoms with Gasteiger partial charge in [-0.3, -0.25) is 5.32 Å². The molecule has 0 atom stereocenters. The molecule has 0 aliphatic rings. The zero-order chi connectivity index (χ0) is 14.4. The number of nitrogens with zero attached hydrogens (tertiary/aromatic N) is 2. The van der Waals surface area contributed by atoms with Gasteiger partial charge >= 0.3 is 6.03 Å². The van der Waals surface area contributed by atoms with Crippen LogP contribution in [0.2, 0.25) is 0 Å². The van der Waals surface area contributed by atoms with E-state index < -0.39 is 0 Å². The summed E-state index contributed by atoms with van der Waals surface area (Å²) in [5.41, 5.74) is 1.88. The van der Waals surface area contributed by atoms with Gasteiger partial charge in [0, 0.05) is 23.0 Å². The molecule has 0 fully saturated rings. The number of hydrogen-bond donors (Lipinski definition) is 2. The van der Waals surface area contributed by atoms with E-state index in [-0.39, 0.29) is 6.03 Å². The molecular formula is C13H14N4OS2. The van der Waals surface area contributed by atoms with Crippen LogP contribution < -0.4 is 10.6 Å². The summed E-state index contributed by atoms with van der Waals surface area (Å²) >= 11 is 2.63. The van der Waals surface area contributed by atoms with E-state index in [1.807, 2.05) is 31.2 Å². The first-order valence-electron chi connectivity index (χ1n) is 5.89. The summed E-state index contributed by atoms with van der Waals surface area (Å²) < 4.78 is 4.13. The van der Waals surface area contributed by atoms with E-state index in [4.69, 9.17) is 0 Å². The smallest absolute Gasteiger partial charge is 0.308 e. The molecule has 7 heteroatoms. The molecule has 0 aliphatic heterocycles. The quantitative estimate of drug-likeness (QED) is 0.652. The van der Waals surface area contributed by atoms with Crippen molar-refractivity contribution in [3.63, 3.8) is 0 Å². The minimum Gasteiger partial charge on any atom is -0.308 e. The van der Waals surface area contributed by atoms with Crippen LogP contribution in [0.15, 0.2) is 42.1 Å². The fourth-order valence-electron chi connectivity index (χ4n) is 1.35. The van der Waals surface area contributed by atoms with E-state index in [1.54, 1.807) is 6.08 Å². The summed E-state index contributed by atoms with van der Waals surface area (Å²) in [5, 5.41) is 6.51. The highest BCUT2D eigenvalue weighted by Crippen LogP contribution is 2.20. The molecule has 0 saturated carbocycles. The molecule has 1 heterocycles. The molecule has 2 amide bonds. The van der Waals surface area contributed by atoms with Gasteiger partial charge in [-0.05, 0) is 19.1 Å². The maximum absolute atomic E-state index is 11.8. The number of hydrogen-bond acceptors (Lipinski definition) is 5. The lowest BCUT2D eigenvalue weighted by Gasteiger charge is -2.05. The van der Waals surface area contributed by atoms with Gasteiger partial charge in [0.2, 0.25) is 10.3 Å². The number of aryl methyl sites for hydroxylation is 1. The van der Waals surface area contributed by atoms with Gasteiger partial charge in [0.05, 0.1) is 0 Å². The number of thioether (sulfide) groups is 1. The second-order valence-electron chi connectivity index (χ2n) is 3.93. The zero-order valence-corrected chi connectivity index (χ0v) is 12.6. The Balaban J connectivity index is 1.89. The van der Waals surface area contributed by atoms with E-state index in [2.05, 4.69) is 26.6 Å². The van der Waals surface area contributed by atoms with Crippen LogP contribution in [0.5, 0.6) is 0 Å². The minimum absolute atomic E-state index is 0.328. The maximum Gasteiger partial charge on any atom is 0.325 e. The second-order valence-corrected chi connectivity index (χ2v) is 5.67. The van der Waals surface area contributed by atoms with Gasteiger partial charge in [-0.15, -0.1) is 6.58 Å². The molecule has 2 rings (SSSR count). The predicted octanol–water partition coefficient (Wildman–Crippen LogP) is 3.77. The molecule has 0 bridgehead atoms. The van der Waals surface area contributed by atoms with Crippen LogP contribution in [-0.2, 0) is 0 Å². The molecule has 0 radical (unpaired) electrons. The number of aromatic nitrogens is 2. The summed E-state index contributed by atoms with van der Waals surface area (Å²) in [5.74, 6) is 0.742. The van der Waals surface area contributed by atoms with Gasteiger partial charge in [0.1, 0.15) is 0 Å². The Labute approximate surface area is 125 Å². The van der Waals surface area contributed by atoms with E-state index in [0.29, 0.717) is 10.3 Å². The lowest BCUT2D eigenvalue weighted by atomic mass is 10.2. The predicted molar refractivity (Wildman–Crippen MR) is 84.7 cm³/mol. The van der Waals surface area contributed by atoms with Crippen LogP contribution in [0.25, 0.3) is 0 Å². The number of carbonyl (C=O) groups is 1. The van der Waals surface area contributed by atoms with Crippen LogP contribution >= 0.6 is 23.3 Å². The van der Waals surface area contributed by atoms with Crippen molar-refractivity contribution in [1.29, 1.82) is 0 Å². The topological polar surface area (TPSA) is 66.9 Å². The van der Waals surface area contributed by atoms with E-state index >= 15 is 0 Å². The van der Waals surface area contributed by atoms with Crippen molar-refractivity contribution in [1.82, 2.24) is 9.36 Å². The lowest BCUT2D eigenvalue weighted by Crippen LogP contribution is -2.19. The van der Waals surface area contributed by atoms with Gasteiger partial charge in [0.15, 0.2) is 0 Å². The van der Waals surface area contributed by atoms with Gasteiger partial charge < -0.3 is 5.32 Å². The number of benzene rings is 1. The number of rotatable bonds is 5. The van der Waals surface area contributed by atoms with E-state index in [1.165, 1.54) is 11.8 Å². The van der Waals surface area contributed by atoms with Crippen molar-refractivity contribution >= 4 is 40.1 Å². The Morgan fingerprint density at radius 2 is 2.15 bits per heavy atom. The Hall–Kier alpha value is -1.86. The fraction of sp³-hybridized carbons (Fsp3) is 0.154. The average Bonchev–Trinajstić information content (AvgIpc) is 2.86. The second kappa shape index (κ2) is 7.06. The van der Waals surface area contributed by atoms with Gasteiger partial charge in [-0.2, -0.15) is 9.36 Å². The van der Waals surface area contributed by atoms with Crippen LogP contribution in [0.4, 0.5) is 15.6 Å². The number of carbonyl (C=O) groups excluding carboxylic acids is 1. The number of nitrogens with one attached hydrogen (secondary N) is 2. The van der Waals surface area contributed by atoms with E-state index in [0.717, 1.165) is 28.5 Å². The molecule has 0 unspecified atom stereocenters. The molecule has 1 aromatic heterocycles. The third kappa shape index (κ3) is 4.36. The number of anilines is 2. The maximum atomic E-state index is 11.8. The third-order valence-corrected chi connectivity index (χ3v) is 3.86. The molecule has 0 spiro atoms. The fourth-order valence-corrected chi connectivity index (χ4v) is 2.62. The summed E-state index contributed by atoms with van der Waals surface area (Å²) in [6.07, 6.45) is 1.78. The van der Waals surface area contributed by atoms with Crippen LogP contribution in [-0.4, -0.2) is 21.1 Å². The summed E-state index contributed by atoms with van der Waals surface area (Å²) in [7, 11) is 0. The van der Waals surface area contributed by atoms with Crippen molar-refractivity contribution in [2.75, 3.05) is 16.4 Å². The lowest BCUT2D eigenvalue weighted by molar-refractivity contribution is 0.262. The van der Waals surface area contributed by atoms with Crippen LogP contribution in [0, 0.1) is 6.92 Å². The van der Waals surface area contributed by atoms with Crippen molar-refractivity contribution in [2.24, 2.45) is 0 Å². The van der Waals surface area contributed by atoms with Crippen molar-refractivity contribution in [2.45, 2.75) is 12.1 Å². The molecule has 104 valence electrons. The first-order chi connectivity index (χ1) is 9.67. The Kier molecular flexibility index (Phi) is 5.14. The summed E-state index contributed by atoms with van der Waals surface area (Å²) in [4.78, 5) is 16.0. The first-order valence-corrected chi connectivity index (χ1v) is 7.65.